The first kappa shape index (κ1) is 20.1. The van der Waals surface area contributed by atoms with Gasteiger partial charge in [-0.1, -0.05) is 48.0 Å². The van der Waals surface area contributed by atoms with Crippen LogP contribution >= 0.6 is 11.6 Å². The molecule has 0 radical (unpaired) electrons. The fourth-order valence-corrected chi connectivity index (χ4v) is 3.31. The summed E-state index contributed by atoms with van der Waals surface area (Å²) in [6.45, 7) is 1.63. The topological polar surface area (TPSA) is 96.0 Å². The molecule has 0 heterocycles. The normalized spacial score (nSPS) is 11.3. The van der Waals surface area contributed by atoms with Gasteiger partial charge < -0.3 is 5.32 Å². The van der Waals surface area contributed by atoms with E-state index in [1.165, 1.54) is 18.2 Å². The molecule has 3 rings (SSSR count). The number of nitriles is 1. The lowest BCUT2D eigenvalue weighted by atomic mass is 9.92. The van der Waals surface area contributed by atoms with Gasteiger partial charge in [-0.25, -0.2) is 0 Å². The van der Waals surface area contributed by atoms with E-state index in [0.717, 1.165) is 5.56 Å². The van der Waals surface area contributed by atoms with Gasteiger partial charge in [0.2, 0.25) is 0 Å². The van der Waals surface area contributed by atoms with Crippen molar-refractivity contribution in [3.05, 3.63) is 104 Å². The Morgan fingerprint density at radius 1 is 1.14 bits per heavy atom. The fourth-order valence-electron chi connectivity index (χ4n) is 3.02. The molecule has 1 amide bonds. The second-order valence-corrected chi connectivity index (χ2v) is 6.83. The molecule has 0 aliphatic rings. The number of nitro benzene ring substituents is 1. The predicted octanol–water partition coefficient (Wildman–Crippen LogP) is 5.46. The van der Waals surface area contributed by atoms with Crippen LogP contribution < -0.4 is 5.32 Å². The van der Waals surface area contributed by atoms with Crippen LogP contribution in [0.5, 0.6) is 0 Å². The van der Waals surface area contributed by atoms with Crippen molar-refractivity contribution in [1.82, 2.24) is 0 Å². The molecule has 0 spiro atoms. The van der Waals surface area contributed by atoms with Crippen LogP contribution in [0.4, 0.5) is 11.4 Å². The zero-order valence-electron chi connectivity index (χ0n) is 15.4. The van der Waals surface area contributed by atoms with E-state index in [9.17, 15) is 20.2 Å². The van der Waals surface area contributed by atoms with Gasteiger partial charge in [0.1, 0.15) is 0 Å². The Labute approximate surface area is 172 Å². The number of hydrogen-bond donors (Lipinski definition) is 1. The molecule has 1 unspecified atom stereocenters. The largest absolute Gasteiger partial charge is 0.322 e. The molecule has 0 aliphatic heterocycles. The molecule has 0 aliphatic carbocycles. The molecule has 144 valence electrons. The number of amides is 1. The molecular formula is C22H16ClN3O3. The maximum absolute atomic E-state index is 12.5. The zero-order chi connectivity index (χ0) is 21.0. The van der Waals surface area contributed by atoms with Crippen molar-refractivity contribution >= 4 is 28.9 Å². The lowest BCUT2D eigenvalue weighted by Gasteiger charge is -2.14. The summed E-state index contributed by atoms with van der Waals surface area (Å²) in [7, 11) is 0. The number of nitro groups is 1. The minimum atomic E-state index is -0.523. The molecule has 0 fully saturated rings. The van der Waals surface area contributed by atoms with Gasteiger partial charge in [-0.2, -0.15) is 5.26 Å². The van der Waals surface area contributed by atoms with Gasteiger partial charge >= 0.3 is 0 Å². The fraction of sp³-hybridized carbons (Fsp3) is 0.0909. The second kappa shape index (κ2) is 8.55. The van der Waals surface area contributed by atoms with E-state index in [0.29, 0.717) is 27.4 Å². The molecule has 1 atom stereocenters. The van der Waals surface area contributed by atoms with Gasteiger partial charge in [0, 0.05) is 28.4 Å². The van der Waals surface area contributed by atoms with E-state index >= 15 is 0 Å². The first-order valence-electron chi connectivity index (χ1n) is 8.71. The quantitative estimate of drug-likeness (QED) is 0.450. The minimum Gasteiger partial charge on any atom is -0.322 e. The molecular weight excluding hydrogens is 390 g/mol. The number of carbonyl (C=O) groups excluding carboxylic acids is 1. The van der Waals surface area contributed by atoms with Crippen LogP contribution in [0.2, 0.25) is 5.02 Å². The van der Waals surface area contributed by atoms with Crippen molar-refractivity contribution in [2.24, 2.45) is 0 Å². The number of non-ortho nitro benzene ring substituents is 1. The Hall–Kier alpha value is -3.69. The third-order valence-corrected chi connectivity index (χ3v) is 4.82. The van der Waals surface area contributed by atoms with E-state index in [2.05, 4.69) is 11.4 Å². The van der Waals surface area contributed by atoms with E-state index in [4.69, 9.17) is 11.6 Å². The highest BCUT2D eigenvalue weighted by Crippen LogP contribution is 2.32. The van der Waals surface area contributed by atoms with Crippen molar-refractivity contribution in [2.75, 3.05) is 5.32 Å². The third kappa shape index (κ3) is 4.42. The van der Waals surface area contributed by atoms with Crippen LogP contribution in [0.1, 0.15) is 33.0 Å². The summed E-state index contributed by atoms with van der Waals surface area (Å²) in [6, 6.07) is 20.6. The van der Waals surface area contributed by atoms with Crippen LogP contribution in [0.3, 0.4) is 0 Å². The molecule has 1 N–H and O–H groups in total. The molecule has 6 nitrogen and oxygen atoms in total. The molecule has 0 saturated heterocycles. The number of nitrogens with one attached hydrogen (secondary N) is 1. The maximum Gasteiger partial charge on any atom is 0.269 e. The molecule has 3 aromatic rings. The highest BCUT2D eigenvalue weighted by atomic mass is 35.5. The lowest BCUT2D eigenvalue weighted by Crippen LogP contribution is -2.13. The van der Waals surface area contributed by atoms with Crippen molar-refractivity contribution in [3.63, 3.8) is 0 Å². The van der Waals surface area contributed by atoms with Crippen molar-refractivity contribution in [1.29, 1.82) is 5.26 Å². The summed E-state index contributed by atoms with van der Waals surface area (Å²) < 4.78 is 0. The second-order valence-electron chi connectivity index (χ2n) is 6.42. The SMILES string of the molecule is Cc1cc([N+](=O)[O-])ccc1C(=O)Nc1ccc(C(C#N)c2ccccc2)c(Cl)c1. The number of anilines is 1. The Bertz CT molecular complexity index is 1120. The molecule has 29 heavy (non-hydrogen) atoms. The number of benzene rings is 3. The average Bonchev–Trinajstić information content (AvgIpc) is 2.70. The molecule has 7 heteroatoms. The van der Waals surface area contributed by atoms with E-state index in [1.54, 1.807) is 25.1 Å². The molecule has 0 saturated carbocycles. The smallest absolute Gasteiger partial charge is 0.269 e. The number of hydrogen-bond acceptors (Lipinski definition) is 4. The minimum absolute atomic E-state index is 0.0742. The lowest BCUT2D eigenvalue weighted by molar-refractivity contribution is -0.384. The van der Waals surface area contributed by atoms with Gasteiger partial charge in [-0.3, -0.25) is 14.9 Å². The molecule has 0 bridgehead atoms. The summed E-state index contributed by atoms with van der Waals surface area (Å²) in [5.74, 6) is -0.925. The predicted molar refractivity (Wildman–Crippen MR) is 111 cm³/mol. The number of rotatable bonds is 5. The molecule has 0 aromatic heterocycles. The highest BCUT2D eigenvalue weighted by Gasteiger charge is 2.18. The summed E-state index contributed by atoms with van der Waals surface area (Å²) in [5, 5.41) is 23.5. The highest BCUT2D eigenvalue weighted by molar-refractivity contribution is 6.32. The van der Waals surface area contributed by atoms with Gasteiger partial charge in [0.25, 0.3) is 11.6 Å². The van der Waals surface area contributed by atoms with Crippen molar-refractivity contribution in [3.8, 4) is 6.07 Å². The Kier molecular flexibility index (Phi) is 5.91. The van der Waals surface area contributed by atoms with E-state index in [1.807, 2.05) is 30.3 Å². The average molecular weight is 406 g/mol. The van der Waals surface area contributed by atoms with Gasteiger partial charge in [0.15, 0.2) is 0 Å². The van der Waals surface area contributed by atoms with Crippen LogP contribution in [0.25, 0.3) is 0 Å². The van der Waals surface area contributed by atoms with Gasteiger partial charge in [-0.05, 0) is 41.8 Å². The number of nitrogens with zero attached hydrogens (tertiary/aromatic N) is 2. The van der Waals surface area contributed by atoms with Crippen LogP contribution in [-0.4, -0.2) is 10.8 Å². The summed E-state index contributed by atoms with van der Waals surface area (Å²) in [4.78, 5) is 22.9. The Balaban J connectivity index is 1.83. The maximum atomic E-state index is 12.5. The summed E-state index contributed by atoms with van der Waals surface area (Å²) in [6.07, 6.45) is 0. The van der Waals surface area contributed by atoms with Crippen LogP contribution in [0, 0.1) is 28.4 Å². The standard InChI is InChI=1S/C22H16ClN3O3/c1-14-11-17(26(28)29)8-10-18(14)22(27)25-16-7-9-19(21(23)12-16)20(13-24)15-5-3-2-4-6-15/h2-12,20H,1H3,(H,25,27). The van der Waals surface area contributed by atoms with Gasteiger partial charge in [0.05, 0.1) is 16.9 Å². The summed E-state index contributed by atoms with van der Waals surface area (Å²) in [5.41, 5.74) is 2.68. The first-order valence-corrected chi connectivity index (χ1v) is 9.09. The number of aryl methyl sites for hydroxylation is 1. The number of halogens is 1. The first-order chi connectivity index (χ1) is 13.9. The van der Waals surface area contributed by atoms with Crippen molar-refractivity contribution < 1.29 is 9.72 Å². The third-order valence-electron chi connectivity index (χ3n) is 4.50. The van der Waals surface area contributed by atoms with Crippen molar-refractivity contribution in [2.45, 2.75) is 12.8 Å². The van der Waals surface area contributed by atoms with Crippen LogP contribution in [-0.2, 0) is 0 Å². The number of carbonyl (C=O) groups is 1. The van der Waals surface area contributed by atoms with E-state index < -0.39 is 16.7 Å². The molecule has 3 aromatic carbocycles. The zero-order valence-corrected chi connectivity index (χ0v) is 16.2. The van der Waals surface area contributed by atoms with E-state index in [-0.39, 0.29) is 5.69 Å². The monoisotopic (exact) mass is 405 g/mol. The van der Waals surface area contributed by atoms with Crippen LogP contribution in [0.15, 0.2) is 66.7 Å². The van der Waals surface area contributed by atoms with Gasteiger partial charge in [-0.15, -0.1) is 0 Å². The Morgan fingerprint density at radius 2 is 1.86 bits per heavy atom. The Morgan fingerprint density at radius 3 is 2.45 bits per heavy atom. The summed E-state index contributed by atoms with van der Waals surface area (Å²) >= 11 is 6.39.